The molecular weight excluding hydrogens is 362 g/mol. The summed E-state index contributed by atoms with van der Waals surface area (Å²) in [5.74, 6) is 0. The molecule has 2 aromatic rings. The second-order valence-electron chi connectivity index (χ2n) is 3.22. The van der Waals surface area contributed by atoms with Crippen LogP contribution in [0.15, 0.2) is 60.7 Å². The summed E-state index contributed by atoms with van der Waals surface area (Å²) >= 11 is -0.866. The molecule has 0 amide bonds. The van der Waals surface area contributed by atoms with Crippen LogP contribution < -0.4 is 13.7 Å². The van der Waals surface area contributed by atoms with Crippen LogP contribution in [0.1, 0.15) is 0 Å². The molecule has 2 rings (SSSR count). The van der Waals surface area contributed by atoms with Crippen LogP contribution in [-0.2, 0) is 4.57 Å². The zero-order chi connectivity index (χ0) is 12.5. The molecule has 0 N–H and O–H groups in total. The summed E-state index contributed by atoms with van der Waals surface area (Å²) in [4.78, 5) is 17.0. The molecule has 0 heterocycles. The van der Waals surface area contributed by atoms with Crippen molar-refractivity contribution in [2.75, 3.05) is 0 Å². The van der Waals surface area contributed by atoms with Gasteiger partial charge in [0.15, 0.2) is 0 Å². The third kappa shape index (κ3) is 7.66. The van der Waals surface area contributed by atoms with Crippen molar-refractivity contribution in [3.8, 4) is 0 Å². The van der Waals surface area contributed by atoms with Crippen LogP contribution in [0, 0.1) is 31.9 Å². The molecule has 0 unspecified atom stereocenters. The van der Waals surface area contributed by atoms with Crippen LogP contribution in [0.4, 0.5) is 0 Å². The van der Waals surface area contributed by atoms with Crippen LogP contribution in [-0.4, -0.2) is 0 Å². The van der Waals surface area contributed by atoms with E-state index in [0.29, 0.717) is 0 Å². The second-order valence-corrected chi connectivity index (χ2v) is 8.81. The number of hydrogen-bond donors (Lipinski definition) is 0. The standard InChI is InChI=1S/2C6H5.La.H3O3P/c2*1-2-4-6-5-3-1;;1-4(2)3/h2*1-5H;;4H,(H2,1,2,3)/q;;+2;/p-2. The molecule has 17 heavy (non-hydrogen) atoms. The Bertz CT molecular complexity index is 406. The van der Waals surface area contributed by atoms with Gasteiger partial charge in [0.2, 0.25) is 0 Å². The fourth-order valence-corrected chi connectivity index (χ4v) is 5.10. The van der Waals surface area contributed by atoms with Gasteiger partial charge < -0.3 is 14.4 Å². The molecule has 85 valence electrons. The van der Waals surface area contributed by atoms with Crippen LogP contribution in [0.3, 0.4) is 0 Å². The van der Waals surface area contributed by atoms with E-state index in [1.54, 1.807) is 3.93 Å². The van der Waals surface area contributed by atoms with Crippen molar-refractivity contribution in [2.24, 2.45) is 0 Å². The molecule has 0 saturated heterocycles. The average Bonchev–Trinajstić information content (AvgIpc) is 2.31. The molecule has 3 nitrogen and oxygen atoms in total. The summed E-state index contributed by atoms with van der Waals surface area (Å²) in [6.07, 6.45) is 0. The van der Waals surface area contributed by atoms with Gasteiger partial charge in [-0.05, 0) is 0 Å². The Morgan fingerprint density at radius 1 is 0.765 bits per heavy atom. The molecule has 0 radical (unpaired) electrons. The third-order valence-corrected chi connectivity index (χ3v) is 6.44. The summed E-state index contributed by atoms with van der Waals surface area (Å²) in [6.45, 7) is 0. The SMILES string of the molecule is O=[PH]([O-])[O-].c1cc[c]([La+2][c]2ccccc2)cc1. The number of rotatable bonds is 2. The second kappa shape index (κ2) is 8.81. The van der Waals surface area contributed by atoms with E-state index in [4.69, 9.17) is 14.4 Å². The van der Waals surface area contributed by atoms with E-state index < -0.39 is 40.1 Å². The van der Waals surface area contributed by atoms with Crippen LogP contribution in [0.25, 0.3) is 0 Å². The summed E-state index contributed by atoms with van der Waals surface area (Å²) in [5.41, 5.74) is 0. The van der Waals surface area contributed by atoms with E-state index >= 15 is 0 Å². The molecule has 0 atom stereocenters. The molecule has 0 aliphatic rings. The fourth-order valence-electron chi connectivity index (χ4n) is 1.29. The van der Waals surface area contributed by atoms with Gasteiger partial charge in [0.05, 0.1) is 0 Å². The van der Waals surface area contributed by atoms with Crippen LogP contribution >= 0.6 is 8.25 Å². The number of hydrogen-bond acceptors (Lipinski definition) is 3. The monoisotopic (exact) mass is 373 g/mol. The van der Waals surface area contributed by atoms with Crippen molar-refractivity contribution < 1.29 is 46.2 Å². The molecule has 0 aromatic heterocycles. The van der Waals surface area contributed by atoms with Gasteiger partial charge in [0.25, 0.3) is 0 Å². The first-order chi connectivity index (χ1) is 8.18. The first-order valence-electron chi connectivity index (χ1n) is 5.01. The maximum atomic E-state index is 8.52. The maximum absolute atomic E-state index is 8.52. The van der Waals surface area contributed by atoms with E-state index in [1.165, 1.54) is 0 Å². The van der Waals surface area contributed by atoms with Gasteiger partial charge in [-0.25, -0.2) is 0 Å². The summed E-state index contributed by atoms with van der Waals surface area (Å²) in [5, 5.41) is 0. The van der Waals surface area contributed by atoms with Gasteiger partial charge in [-0.3, -0.25) is 0 Å². The predicted molar refractivity (Wildman–Crippen MR) is 61.2 cm³/mol. The Kier molecular flexibility index (Phi) is 7.70. The van der Waals surface area contributed by atoms with Gasteiger partial charge in [0, 0.05) is 0 Å². The number of benzene rings is 2. The zero-order valence-corrected chi connectivity index (χ0v) is 13.7. The minimum atomic E-state index is -3.63. The van der Waals surface area contributed by atoms with Crippen molar-refractivity contribution in [3.05, 3.63) is 60.7 Å². The van der Waals surface area contributed by atoms with Gasteiger partial charge in [-0.2, -0.15) is 0 Å². The Labute approximate surface area is 118 Å². The van der Waals surface area contributed by atoms with E-state index in [1.807, 2.05) is 0 Å². The van der Waals surface area contributed by atoms with Crippen LogP contribution in [0.2, 0.25) is 0 Å². The molecule has 0 aliphatic carbocycles. The van der Waals surface area contributed by atoms with Crippen molar-refractivity contribution in [1.82, 2.24) is 0 Å². The third-order valence-electron chi connectivity index (χ3n) is 1.93. The molecule has 2 aromatic carbocycles. The molecule has 5 heteroatoms. The minimum absolute atomic E-state index is 0.866. The average molecular weight is 373 g/mol. The van der Waals surface area contributed by atoms with Crippen molar-refractivity contribution >= 4 is 12.2 Å². The van der Waals surface area contributed by atoms with Crippen molar-refractivity contribution in [2.45, 2.75) is 0 Å². The van der Waals surface area contributed by atoms with Gasteiger partial charge >= 0.3 is 96.5 Å². The van der Waals surface area contributed by atoms with Gasteiger partial charge in [0.1, 0.15) is 0 Å². The first kappa shape index (κ1) is 14.8. The van der Waals surface area contributed by atoms with Crippen molar-refractivity contribution in [1.29, 1.82) is 0 Å². The Morgan fingerprint density at radius 3 is 1.35 bits per heavy atom. The predicted octanol–water partition coefficient (Wildman–Crippen LogP) is -0.181. The quantitative estimate of drug-likeness (QED) is 0.687. The molecule has 0 fully saturated rings. The van der Waals surface area contributed by atoms with E-state index in [2.05, 4.69) is 60.7 Å². The van der Waals surface area contributed by atoms with Crippen LogP contribution in [0.5, 0.6) is 0 Å². The summed E-state index contributed by atoms with van der Waals surface area (Å²) < 4.78 is 11.7. The summed E-state index contributed by atoms with van der Waals surface area (Å²) in [6, 6.07) is 21.7. The fraction of sp³-hybridized carbons (Fsp3) is 0. The normalized spacial score (nSPS) is 9.12. The van der Waals surface area contributed by atoms with Gasteiger partial charge in [-0.1, -0.05) is 8.25 Å². The Hall–Kier alpha value is -0.215. The topological polar surface area (TPSA) is 63.2 Å². The Balaban J connectivity index is 0.000000317. The van der Waals surface area contributed by atoms with E-state index in [0.717, 1.165) is 0 Å². The van der Waals surface area contributed by atoms with E-state index in [9.17, 15) is 0 Å². The molecule has 0 aliphatic heterocycles. The van der Waals surface area contributed by atoms with E-state index in [-0.39, 0.29) is 0 Å². The zero-order valence-electron chi connectivity index (χ0n) is 9.08. The molecule has 0 saturated carbocycles. The first-order valence-corrected chi connectivity index (χ1v) is 9.86. The Morgan fingerprint density at radius 2 is 1.06 bits per heavy atom. The molecular formula is C12H11LaO3P. The summed E-state index contributed by atoms with van der Waals surface area (Å²) in [7, 11) is -3.63. The molecule has 0 spiro atoms. The van der Waals surface area contributed by atoms with Crippen molar-refractivity contribution in [3.63, 3.8) is 0 Å². The molecule has 0 bridgehead atoms. The van der Waals surface area contributed by atoms with Gasteiger partial charge in [-0.15, -0.1) is 0 Å².